The summed E-state index contributed by atoms with van der Waals surface area (Å²) in [5.74, 6) is -1.75. The summed E-state index contributed by atoms with van der Waals surface area (Å²) in [5.41, 5.74) is 0.838. The third kappa shape index (κ3) is 3.52. The molecule has 0 amide bonds. The monoisotopic (exact) mass is 208 g/mol. The number of carbonyl (C=O) groups is 2. The van der Waals surface area contributed by atoms with Gasteiger partial charge in [0.15, 0.2) is 5.78 Å². The number of carboxylic acid groups (broad SMARTS) is 1. The van der Waals surface area contributed by atoms with Crippen LogP contribution in [0.25, 0.3) is 0 Å². The molecule has 1 unspecified atom stereocenters. The molecule has 1 aromatic carbocycles. The molecule has 0 saturated heterocycles. The van der Waals surface area contributed by atoms with E-state index in [1.54, 1.807) is 12.1 Å². The molecule has 0 aliphatic heterocycles. The molecule has 0 heterocycles. The fourth-order valence-corrected chi connectivity index (χ4v) is 1.12. The number of carbonyl (C=O) groups excluding carboxylic acids is 1. The fraction of sp³-hybridized carbons (Fsp3) is 0.273. The molecule has 15 heavy (non-hydrogen) atoms. The van der Waals surface area contributed by atoms with Crippen molar-refractivity contribution in [1.29, 1.82) is 0 Å². The number of hydrogen-bond donors (Lipinski definition) is 1. The topological polar surface area (TPSA) is 63.6 Å². The molecular formula is C11H12O4. The molecule has 4 heteroatoms. The second-order valence-electron chi connectivity index (χ2n) is 3.13. The average molecular weight is 208 g/mol. The average Bonchev–Trinajstić information content (AvgIpc) is 2.18. The molecule has 80 valence electrons. The van der Waals surface area contributed by atoms with Gasteiger partial charge in [-0.25, -0.2) is 4.79 Å². The lowest BCUT2D eigenvalue weighted by Crippen LogP contribution is -2.30. The predicted octanol–water partition coefficient (Wildman–Crippen LogP) is 1.25. The molecule has 1 N–H and O–H groups in total. The normalized spacial score (nSPS) is 12.1. The van der Waals surface area contributed by atoms with Gasteiger partial charge in [0.05, 0.1) is 6.61 Å². The summed E-state index contributed by atoms with van der Waals surface area (Å²) in [7, 11) is 0. The van der Waals surface area contributed by atoms with Crippen LogP contribution in [0.4, 0.5) is 0 Å². The minimum atomic E-state index is -1.37. The van der Waals surface area contributed by atoms with Crippen molar-refractivity contribution in [2.24, 2.45) is 0 Å². The summed E-state index contributed by atoms with van der Waals surface area (Å²) in [5, 5.41) is 8.68. The highest BCUT2D eigenvalue weighted by Crippen LogP contribution is 2.04. The van der Waals surface area contributed by atoms with Crippen molar-refractivity contribution in [2.75, 3.05) is 0 Å². The molecule has 0 aromatic heterocycles. The van der Waals surface area contributed by atoms with Crippen molar-refractivity contribution in [3.05, 3.63) is 35.9 Å². The Kier molecular flexibility index (Phi) is 4.00. The minimum absolute atomic E-state index is 0.122. The van der Waals surface area contributed by atoms with E-state index in [1.165, 1.54) is 6.92 Å². The quantitative estimate of drug-likeness (QED) is 0.739. The standard InChI is InChI=1S/C11H12O4/c1-8(12)10(11(13)14)15-7-9-5-3-2-4-6-9/h2-6,10H,7H2,1H3,(H,13,14). The zero-order valence-corrected chi connectivity index (χ0v) is 8.34. The van der Waals surface area contributed by atoms with Crippen molar-refractivity contribution in [3.63, 3.8) is 0 Å². The summed E-state index contributed by atoms with van der Waals surface area (Å²) in [6, 6.07) is 9.10. The Morgan fingerprint density at radius 1 is 1.33 bits per heavy atom. The number of carboxylic acids is 1. The van der Waals surface area contributed by atoms with Gasteiger partial charge >= 0.3 is 5.97 Å². The SMILES string of the molecule is CC(=O)C(OCc1ccccc1)C(=O)O. The number of aliphatic carboxylic acids is 1. The minimum Gasteiger partial charge on any atom is -0.479 e. The Morgan fingerprint density at radius 2 is 1.93 bits per heavy atom. The molecular weight excluding hydrogens is 196 g/mol. The molecule has 0 aliphatic rings. The van der Waals surface area contributed by atoms with E-state index in [2.05, 4.69) is 0 Å². The van der Waals surface area contributed by atoms with Crippen LogP contribution in [0.3, 0.4) is 0 Å². The third-order valence-electron chi connectivity index (χ3n) is 1.85. The van der Waals surface area contributed by atoms with E-state index in [9.17, 15) is 9.59 Å². The number of ketones is 1. The summed E-state index contributed by atoms with van der Waals surface area (Å²) in [4.78, 5) is 21.5. The van der Waals surface area contributed by atoms with E-state index < -0.39 is 17.9 Å². The van der Waals surface area contributed by atoms with E-state index >= 15 is 0 Å². The Bertz CT molecular complexity index is 331. The first-order chi connectivity index (χ1) is 7.11. The number of Topliss-reactive ketones (excluding diaryl/α,β-unsaturated/α-hetero) is 1. The zero-order valence-electron chi connectivity index (χ0n) is 8.34. The lowest BCUT2D eigenvalue weighted by atomic mass is 10.2. The van der Waals surface area contributed by atoms with Gasteiger partial charge in [-0.2, -0.15) is 0 Å². The zero-order chi connectivity index (χ0) is 11.3. The Labute approximate surface area is 87.5 Å². The van der Waals surface area contributed by atoms with Gasteiger partial charge in [-0.15, -0.1) is 0 Å². The van der Waals surface area contributed by atoms with Crippen LogP contribution in [0.15, 0.2) is 30.3 Å². The molecule has 0 saturated carbocycles. The van der Waals surface area contributed by atoms with Crippen molar-refractivity contribution in [3.8, 4) is 0 Å². The molecule has 0 spiro atoms. The molecule has 0 radical (unpaired) electrons. The first-order valence-corrected chi connectivity index (χ1v) is 4.50. The smallest absolute Gasteiger partial charge is 0.340 e. The summed E-state index contributed by atoms with van der Waals surface area (Å²) in [6.45, 7) is 1.32. The van der Waals surface area contributed by atoms with Crippen molar-refractivity contribution >= 4 is 11.8 Å². The van der Waals surface area contributed by atoms with E-state index in [0.29, 0.717) is 0 Å². The molecule has 1 rings (SSSR count). The van der Waals surface area contributed by atoms with Gasteiger partial charge in [0.2, 0.25) is 6.10 Å². The van der Waals surface area contributed by atoms with Gasteiger partial charge in [0, 0.05) is 0 Å². The third-order valence-corrected chi connectivity index (χ3v) is 1.85. The van der Waals surface area contributed by atoms with Gasteiger partial charge in [0.25, 0.3) is 0 Å². The molecule has 1 atom stereocenters. The number of hydrogen-bond acceptors (Lipinski definition) is 3. The van der Waals surface area contributed by atoms with Crippen molar-refractivity contribution in [1.82, 2.24) is 0 Å². The van der Waals surface area contributed by atoms with Crippen molar-refractivity contribution < 1.29 is 19.4 Å². The van der Waals surface area contributed by atoms with E-state index in [4.69, 9.17) is 9.84 Å². The molecule has 0 aliphatic carbocycles. The van der Waals surface area contributed by atoms with Crippen LogP contribution in [0, 0.1) is 0 Å². The first-order valence-electron chi connectivity index (χ1n) is 4.50. The highest BCUT2D eigenvalue weighted by Gasteiger charge is 2.22. The maximum absolute atomic E-state index is 10.9. The highest BCUT2D eigenvalue weighted by molar-refractivity contribution is 5.99. The summed E-state index contributed by atoms with van der Waals surface area (Å²) in [6.07, 6.45) is -1.37. The summed E-state index contributed by atoms with van der Waals surface area (Å²) < 4.78 is 5.00. The van der Waals surface area contributed by atoms with Gasteiger partial charge in [-0.05, 0) is 12.5 Å². The van der Waals surface area contributed by atoms with Gasteiger partial charge in [0.1, 0.15) is 0 Å². The van der Waals surface area contributed by atoms with E-state index in [0.717, 1.165) is 5.56 Å². The van der Waals surface area contributed by atoms with Crippen LogP contribution in [0.1, 0.15) is 12.5 Å². The predicted molar refractivity (Wildman–Crippen MR) is 53.3 cm³/mol. The summed E-state index contributed by atoms with van der Waals surface area (Å²) >= 11 is 0. The lowest BCUT2D eigenvalue weighted by Gasteiger charge is -2.09. The number of rotatable bonds is 5. The van der Waals surface area contributed by atoms with Crippen molar-refractivity contribution in [2.45, 2.75) is 19.6 Å². The van der Waals surface area contributed by atoms with Crippen LogP contribution in [0.2, 0.25) is 0 Å². The van der Waals surface area contributed by atoms with Gasteiger partial charge in [-0.3, -0.25) is 4.79 Å². The molecule has 0 bridgehead atoms. The maximum Gasteiger partial charge on any atom is 0.340 e. The second kappa shape index (κ2) is 5.26. The fourth-order valence-electron chi connectivity index (χ4n) is 1.12. The molecule has 0 fully saturated rings. The maximum atomic E-state index is 10.9. The second-order valence-corrected chi connectivity index (χ2v) is 3.13. The van der Waals surface area contributed by atoms with Crippen LogP contribution >= 0.6 is 0 Å². The van der Waals surface area contributed by atoms with Crippen LogP contribution in [0.5, 0.6) is 0 Å². The lowest BCUT2D eigenvalue weighted by molar-refractivity contribution is -0.156. The van der Waals surface area contributed by atoms with Crippen LogP contribution in [-0.4, -0.2) is 23.0 Å². The van der Waals surface area contributed by atoms with E-state index in [1.807, 2.05) is 18.2 Å². The van der Waals surface area contributed by atoms with Gasteiger partial charge in [-0.1, -0.05) is 30.3 Å². The molecule has 1 aromatic rings. The first kappa shape index (κ1) is 11.4. The Balaban J connectivity index is 2.55. The van der Waals surface area contributed by atoms with Crippen LogP contribution in [-0.2, 0) is 20.9 Å². The Hall–Kier alpha value is -1.68. The Morgan fingerprint density at radius 3 is 2.40 bits per heavy atom. The highest BCUT2D eigenvalue weighted by atomic mass is 16.5. The van der Waals surface area contributed by atoms with Crippen LogP contribution < -0.4 is 0 Å². The van der Waals surface area contributed by atoms with E-state index in [-0.39, 0.29) is 6.61 Å². The van der Waals surface area contributed by atoms with Gasteiger partial charge < -0.3 is 9.84 Å². The molecule has 4 nitrogen and oxygen atoms in total. The largest absolute Gasteiger partial charge is 0.479 e. The number of benzene rings is 1. The number of ether oxygens (including phenoxy) is 1.